The number of rotatable bonds is 4. The molecular formula is C21H16F3N3O. The summed E-state index contributed by atoms with van der Waals surface area (Å²) in [4.78, 5) is 21.1. The van der Waals surface area contributed by atoms with Crippen LogP contribution < -0.4 is 5.32 Å². The summed E-state index contributed by atoms with van der Waals surface area (Å²) in [6.07, 6.45) is 1.91. The van der Waals surface area contributed by atoms with E-state index in [9.17, 15) is 18.0 Å². The summed E-state index contributed by atoms with van der Waals surface area (Å²) in [5.74, 6) is -0.366. The molecule has 0 aliphatic heterocycles. The van der Waals surface area contributed by atoms with Gasteiger partial charge in [0.1, 0.15) is 0 Å². The van der Waals surface area contributed by atoms with Crippen LogP contribution in [-0.2, 0) is 11.7 Å². The maximum atomic E-state index is 13.1. The molecule has 0 atom stereocenters. The summed E-state index contributed by atoms with van der Waals surface area (Å²) >= 11 is 0. The van der Waals surface area contributed by atoms with E-state index in [2.05, 4.69) is 15.3 Å². The molecular weight excluding hydrogens is 367 g/mol. The van der Waals surface area contributed by atoms with E-state index in [4.69, 9.17) is 0 Å². The topological polar surface area (TPSA) is 54.9 Å². The molecule has 1 amide bonds. The quantitative estimate of drug-likeness (QED) is 0.717. The lowest BCUT2D eigenvalue weighted by Gasteiger charge is -2.19. The van der Waals surface area contributed by atoms with Crippen LogP contribution in [0.2, 0.25) is 0 Å². The first-order valence-corrected chi connectivity index (χ1v) is 8.75. The van der Waals surface area contributed by atoms with Crippen molar-refractivity contribution in [3.05, 3.63) is 83.8 Å². The molecule has 0 unspecified atom stereocenters. The Hall–Kier alpha value is -3.22. The van der Waals surface area contributed by atoms with Gasteiger partial charge in [-0.1, -0.05) is 12.1 Å². The van der Waals surface area contributed by atoms with Crippen molar-refractivity contribution < 1.29 is 18.0 Å². The minimum Gasteiger partial charge on any atom is -0.342 e. The molecule has 0 bridgehead atoms. The fourth-order valence-corrected chi connectivity index (χ4v) is 3.23. The van der Waals surface area contributed by atoms with Crippen molar-refractivity contribution in [2.75, 3.05) is 0 Å². The van der Waals surface area contributed by atoms with Gasteiger partial charge in [0, 0.05) is 24.2 Å². The number of nitrogens with zero attached hydrogens (tertiary/aromatic N) is 2. The molecule has 4 rings (SSSR count). The zero-order valence-electron chi connectivity index (χ0n) is 14.7. The van der Waals surface area contributed by atoms with E-state index < -0.39 is 17.3 Å². The molecule has 0 saturated heterocycles. The van der Waals surface area contributed by atoms with E-state index in [-0.39, 0.29) is 22.7 Å². The van der Waals surface area contributed by atoms with Gasteiger partial charge in [-0.25, -0.2) is 0 Å². The average molecular weight is 383 g/mol. The van der Waals surface area contributed by atoms with Gasteiger partial charge in [-0.05, 0) is 54.8 Å². The highest BCUT2D eigenvalue weighted by Gasteiger charge is 2.46. The lowest BCUT2D eigenvalue weighted by Crippen LogP contribution is -2.35. The highest BCUT2D eigenvalue weighted by atomic mass is 19.4. The Balaban J connectivity index is 1.67. The van der Waals surface area contributed by atoms with Gasteiger partial charge in [0.2, 0.25) is 0 Å². The molecule has 7 heteroatoms. The zero-order chi connectivity index (χ0) is 19.8. The van der Waals surface area contributed by atoms with Crippen molar-refractivity contribution in [3.8, 4) is 11.3 Å². The molecule has 1 fully saturated rings. The minimum absolute atomic E-state index is 0.219. The van der Waals surface area contributed by atoms with Crippen LogP contribution in [0, 0.1) is 0 Å². The molecule has 142 valence electrons. The first-order chi connectivity index (χ1) is 13.4. The normalized spacial score (nSPS) is 15.1. The maximum Gasteiger partial charge on any atom is 0.416 e. The van der Waals surface area contributed by atoms with Gasteiger partial charge < -0.3 is 5.32 Å². The van der Waals surface area contributed by atoms with Crippen molar-refractivity contribution >= 4 is 5.91 Å². The van der Waals surface area contributed by atoms with Crippen LogP contribution in [-0.4, -0.2) is 15.9 Å². The van der Waals surface area contributed by atoms with Gasteiger partial charge in [-0.3, -0.25) is 14.8 Å². The Morgan fingerprint density at radius 2 is 1.75 bits per heavy atom. The van der Waals surface area contributed by atoms with E-state index in [0.29, 0.717) is 0 Å². The first-order valence-electron chi connectivity index (χ1n) is 8.75. The van der Waals surface area contributed by atoms with E-state index in [1.807, 2.05) is 12.1 Å². The van der Waals surface area contributed by atoms with E-state index in [1.165, 1.54) is 18.3 Å². The van der Waals surface area contributed by atoms with Crippen molar-refractivity contribution in [1.29, 1.82) is 0 Å². The Kier molecular flexibility index (Phi) is 4.37. The Morgan fingerprint density at radius 1 is 1.00 bits per heavy atom. The molecule has 1 aliphatic carbocycles. The van der Waals surface area contributed by atoms with Crippen LogP contribution in [0.1, 0.15) is 34.3 Å². The predicted molar refractivity (Wildman–Crippen MR) is 97.3 cm³/mol. The second-order valence-corrected chi connectivity index (χ2v) is 6.75. The third-order valence-corrected chi connectivity index (χ3v) is 4.85. The number of carbonyl (C=O) groups is 1. The highest BCUT2D eigenvalue weighted by molar-refractivity contribution is 6.00. The van der Waals surface area contributed by atoms with Crippen LogP contribution in [0.3, 0.4) is 0 Å². The lowest BCUT2D eigenvalue weighted by atomic mass is 10.0. The Morgan fingerprint density at radius 3 is 2.43 bits per heavy atom. The third-order valence-electron chi connectivity index (χ3n) is 4.85. The highest BCUT2D eigenvalue weighted by Crippen LogP contribution is 2.45. The SMILES string of the molecule is O=C(NC1(c2ccncc2)CC1)c1cccnc1-c1cccc(C(F)(F)F)c1. The van der Waals surface area contributed by atoms with E-state index >= 15 is 0 Å². The molecule has 4 nitrogen and oxygen atoms in total. The second-order valence-electron chi connectivity index (χ2n) is 6.75. The number of amides is 1. The molecule has 1 aromatic carbocycles. The number of carbonyl (C=O) groups excluding carboxylic acids is 1. The summed E-state index contributed by atoms with van der Waals surface area (Å²) in [5.41, 5.74) is 0.423. The van der Waals surface area contributed by atoms with Gasteiger partial charge in [0.15, 0.2) is 0 Å². The molecule has 2 heterocycles. The van der Waals surface area contributed by atoms with Crippen molar-refractivity contribution in [2.24, 2.45) is 0 Å². The number of nitrogens with one attached hydrogen (secondary N) is 1. The third kappa shape index (κ3) is 3.47. The van der Waals surface area contributed by atoms with Crippen molar-refractivity contribution in [2.45, 2.75) is 24.6 Å². The van der Waals surface area contributed by atoms with Gasteiger partial charge >= 0.3 is 6.18 Å². The summed E-state index contributed by atoms with van der Waals surface area (Å²) in [5, 5.41) is 3.03. The summed E-state index contributed by atoms with van der Waals surface area (Å²) in [6, 6.07) is 11.7. The fraction of sp³-hybridized carbons (Fsp3) is 0.190. The van der Waals surface area contributed by atoms with E-state index in [0.717, 1.165) is 30.5 Å². The molecule has 1 N–H and O–H groups in total. The Bertz CT molecular complexity index is 1010. The smallest absolute Gasteiger partial charge is 0.342 e. The van der Waals surface area contributed by atoms with Crippen LogP contribution in [0.4, 0.5) is 13.2 Å². The number of aromatic nitrogens is 2. The number of benzene rings is 1. The molecule has 1 saturated carbocycles. The number of hydrogen-bond donors (Lipinski definition) is 1. The fourth-order valence-electron chi connectivity index (χ4n) is 3.23. The van der Waals surface area contributed by atoms with Gasteiger partial charge in [0.05, 0.1) is 22.4 Å². The average Bonchev–Trinajstić information content (AvgIpc) is 3.49. The predicted octanol–water partition coefficient (Wildman–Crippen LogP) is 4.58. The lowest BCUT2D eigenvalue weighted by molar-refractivity contribution is -0.137. The molecule has 28 heavy (non-hydrogen) atoms. The molecule has 0 spiro atoms. The molecule has 2 aromatic heterocycles. The summed E-state index contributed by atoms with van der Waals surface area (Å²) in [7, 11) is 0. The Labute approximate surface area is 159 Å². The largest absolute Gasteiger partial charge is 0.416 e. The van der Waals surface area contributed by atoms with Crippen LogP contribution >= 0.6 is 0 Å². The minimum atomic E-state index is -4.47. The molecule has 3 aromatic rings. The summed E-state index contributed by atoms with van der Waals surface area (Å²) < 4.78 is 39.2. The van der Waals surface area contributed by atoms with Gasteiger partial charge in [0.25, 0.3) is 5.91 Å². The first kappa shape index (κ1) is 18.2. The number of halogens is 3. The van der Waals surface area contributed by atoms with Gasteiger partial charge in [-0.2, -0.15) is 13.2 Å². The second kappa shape index (κ2) is 6.74. The van der Waals surface area contributed by atoms with Crippen LogP contribution in [0.15, 0.2) is 67.1 Å². The van der Waals surface area contributed by atoms with Crippen LogP contribution in [0.25, 0.3) is 11.3 Å². The number of alkyl halides is 3. The van der Waals surface area contributed by atoms with Gasteiger partial charge in [-0.15, -0.1) is 0 Å². The van der Waals surface area contributed by atoms with Crippen molar-refractivity contribution in [3.63, 3.8) is 0 Å². The molecule has 0 radical (unpaired) electrons. The van der Waals surface area contributed by atoms with E-state index in [1.54, 1.807) is 24.5 Å². The molecule has 1 aliphatic rings. The maximum absolute atomic E-state index is 13.1. The summed E-state index contributed by atoms with van der Waals surface area (Å²) in [6.45, 7) is 0. The number of pyridine rings is 2. The number of hydrogen-bond acceptors (Lipinski definition) is 3. The van der Waals surface area contributed by atoms with Crippen molar-refractivity contribution in [1.82, 2.24) is 15.3 Å². The zero-order valence-corrected chi connectivity index (χ0v) is 14.7. The standard InChI is InChI=1S/C21H16F3N3O/c22-21(23,24)16-4-1-3-14(13-16)18-17(5-2-10-26-18)19(28)27-20(8-9-20)15-6-11-25-12-7-15/h1-7,10-13H,8-9H2,(H,27,28). The monoisotopic (exact) mass is 383 g/mol. The van der Waals surface area contributed by atoms with Crippen LogP contribution in [0.5, 0.6) is 0 Å².